The van der Waals surface area contributed by atoms with Crippen LogP contribution in [0.3, 0.4) is 0 Å². The summed E-state index contributed by atoms with van der Waals surface area (Å²) in [5, 5.41) is 5.04. The molecule has 0 aromatic heterocycles. The number of rotatable bonds is 5. The monoisotopic (exact) mass is 974 g/mol. The van der Waals surface area contributed by atoms with Gasteiger partial charge in [-0.2, -0.15) is 44.2 Å². The topological polar surface area (TPSA) is 155 Å². The standard InChI is InChI=1S/C21H30F3N3O3S.C17H21F3N2O3.C4H11NOS.H2S/c1-19(2,3)30-18(28)27-11-9-26(10-12-27)17-8-7-16(21(22,23)24)13-15(17)14-25-31(29)20(4,5)6;1-16(2,3)25-15(24)22-8-6-21(7-9-22)14-5-4-13(17(18,19)20)10-12(14)11-23;1-4(2,3)7(5)6;/h7-8,13-14H,9-12H2,1-6H3;4-5,10-11H,6-9H2,1-3H3;5H2,1-3H3;1H2/t31-;;7-;/m0.0./s1. The predicted octanol–water partition coefficient (Wildman–Crippen LogP) is 8.74. The number of halogens is 6. The zero-order valence-electron chi connectivity index (χ0n) is 38.5. The maximum Gasteiger partial charge on any atom is 0.416 e. The SMILES string of the molecule is CC(C)(C)OC(=O)N1CCN(c2ccc(C(F)(F)F)cc2C=N[S@@](=O)C(C)(C)C)CC1.CC(C)(C)OC(=O)N1CCN(c2ccc(C(F)(F)F)cc2C=O)CC1.CC(C)(C)[S@@](N)=O.S. The van der Waals surface area contributed by atoms with Gasteiger partial charge in [-0.25, -0.2) is 18.0 Å². The van der Waals surface area contributed by atoms with E-state index in [1.54, 1.807) is 77.0 Å². The van der Waals surface area contributed by atoms with Crippen LogP contribution in [0.2, 0.25) is 0 Å². The summed E-state index contributed by atoms with van der Waals surface area (Å²) in [5.41, 5.74) is -1.64. The number of nitrogens with two attached hydrogens (primary N) is 1. The van der Waals surface area contributed by atoms with E-state index in [2.05, 4.69) is 4.40 Å². The molecule has 2 aromatic rings. The first-order valence-corrected chi connectivity index (χ1v) is 22.3. The third kappa shape index (κ3) is 19.3. The zero-order chi connectivity index (χ0) is 48.5. The van der Waals surface area contributed by atoms with Crippen molar-refractivity contribution >= 4 is 71.5 Å². The van der Waals surface area contributed by atoms with Gasteiger partial charge in [-0.3, -0.25) is 9.93 Å². The Kier molecular flexibility index (Phi) is 20.9. The van der Waals surface area contributed by atoms with Crippen LogP contribution < -0.4 is 14.9 Å². The molecular formula is C42H64F6N6O7S3. The summed E-state index contributed by atoms with van der Waals surface area (Å²) in [4.78, 5) is 42.3. The van der Waals surface area contributed by atoms with Crippen molar-refractivity contribution in [1.82, 2.24) is 9.80 Å². The van der Waals surface area contributed by atoms with Crippen molar-refractivity contribution in [3.8, 4) is 0 Å². The number of aldehydes is 1. The number of nitrogens with zero attached hydrogens (tertiary/aromatic N) is 5. The van der Waals surface area contributed by atoms with Gasteiger partial charge in [0.1, 0.15) is 22.2 Å². The Bertz CT molecular complexity index is 1960. The van der Waals surface area contributed by atoms with Gasteiger partial charge in [0.15, 0.2) is 6.29 Å². The van der Waals surface area contributed by atoms with Gasteiger partial charge in [0.05, 0.1) is 31.6 Å². The van der Waals surface area contributed by atoms with Crippen LogP contribution in [0.5, 0.6) is 0 Å². The second kappa shape index (κ2) is 23.0. The highest BCUT2D eigenvalue weighted by atomic mass is 32.2. The first kappa shape index (κ1) is 58.1. The van der Waals surface area contributed by atoms with E-state index < -0.39 is 73.6 Å². The first-order chi connectivity index (χ1) is 28.5. The molecule has 0 radical (unpaired) electrons. The summed E-state index contributed by atoms with van der Waals surface area (Å²) >= 11 is 0. The number of benzene rings is 2. The van der Waals surface area contributed by atoms with Crippen LogP contribution in [0, 0.1) is 0 Å². The molecule has 0 unspecified atom stereocenters. The molecule has 13 nitrogen and oxygen atoms in total. The number of amides is 2. The normalized spacial score (nSPS) is 16.4. The van der Waals surface area contributed by atoms with Crippen LogP contribution >= 0.6 is 13.5 Å². The quantitative estimate of drug-likeness (QED) is 0.176. The van der Waals surface area contributed by atoms with Gasteiger partial charge < -0.3 is 29.1 Å². The van der Waals surface area contributed by atoms with Crippen LogP contribution in [-0.4, -0.2) is 116 Å². The van der Waals surface area contributed by atoms with E-state index >= 15 is 0 Å². The van der Waals surface area contributed by atoms with Crippen molar-refractivity contribution in [1.29, 1.82) is 0 Å². The van der Waals surface area contributed by atoms with Gasteiger partial charge in [-0.15, -0.1) is 0 Å². The average molecular weight is 975 g/mol. The van der Waals surface area contributed by atoms with Crippen LogP contribution in [0.25, 0.3) is 0 Å². The Morgan fingerprint density at radius 1 is 0.609 bits per heavy atom. The number of anilines is 2. The van der Waals surface area contributed by atoms with Gasteiger partial charge in [0.2, 0.25) is 0 Å². The number of carbonyl (C=O) groups excluding carboxylic acids is 3. The van der Waals surface area contributed by atoms with E-state index in [1.165, 1.54) is 18.3 Å². The van der Waals surface area contributed by atoms with Crippen molar-refractivity contribution in [3.05, 3.63) is 58.7 Å². The van der Waals surface area contributed by atoms with Gasteiger partial charge in [0.25, 0.3) is 0 Å². The highest BCUT2D eigenvalue weighted by molar-refractivity contribution is 7.85. The first-order valence-electron chi connectivity index (χ1n) is 20.0. The van der Waals surface area contributed by atoms with E-state index in [0.717, 1.165) is 24.3 Å². The molecule has 2 fully saturated rings. The Morgan fingerprint density at radius 2 is 0.938 bits per heavy atom. The average Bonchev–Trinajstić information content (AvgIpc) is 3.14. The maximum atomic E-state index is 13.2. The molecule has 2 saturated heterocycles. The summed E-state index contributed by atoms with van der Waals surface area (Å²) in [6, 6.07) is 6.54. The van der Waals surface area contributed by atoms with Gasteiger partial charge in [0, 0.05) is 81.1 Å². The Hall–Kier alpha value is -3.89. The highest BCUT2D eigenvalue weighted by Crippen LogP contribution is 2.34. The molecule has 0 aliphatic carbocycles. The van der Waals surface area contributed by atoms with Crippen LogP contribution in [0.15, 0.2) is 40.8 Å². The molecule has 2 N–H and O–H groups in total. The third-order valence-corrected chi connectivity index (χ3v) is 11.3. The molecule has 0 bridgehead atoms. The number of hydrogen-bond donors (Lipinski definition) is 1. The van der Waals surface area contributed by atoms with E-state index in [9.17, 15) is 49.1 Å². The second-order valence-electron chi connectivity index (χ2n) is 18.6. The van der Waals surface area contributed by atoms with Crippen molar-refractivity contribution in [2.45, 2.75) is 116 Å². The van der Waals surface area contributed by atoms with E-state index in [4.69, 9.17) is 14.6 Å². The van der Waals surface area contributed by atoms with E-state index in [0.29, 0.717) is 70.0 Å². The minimum atomic E-state index is -4.50. The molecule has 2 atom stereocenters. The van der Waals surface area contributed by atoms with Crippen LogP contribution in [0.1, 0.15) is 110 Å². The molecule has 364 valence electrons. The van der Waals surface area contributed by atoms with Crippen LogP contribution in [0.4, 0.5) is 47.3 Å². The second-order valence-corrected chi connectivity index (χ2v) is 22.3. The minimum Gasteiger partial charge on any atom is -0.444 e. The summed E-state index contributed by atoms with van der Waals surface area (Å²) < 4.78 is 114. The summed E-state index contributed by atoms with van der Waals surface area (Å²) in [5.74, 6) is 0. The summed E-state index contributed by atoms with van der Waals surface area (Å²) in [6.45, 7) is 24.6. The number of ether oxygens (including phenoxy) is 2. The fraction of sp³-hybridized carbons (Fsp3) is 0.619. The molecule has 64 heavy (non-hydrogen) atoms. The van der Waals surface area contributed by atoms with Crippen molar-refractivity contribution < 1.29 is 58.6 Å². The zero-order valence-corrected chi connectivity index (χ0v) is 41.2. The van der Waals surface area contributed by atoms with E-state index in [1.807, 2.05) is 25.7 Å². The lowest BCUT2D eigenvalue weighted by atomic mass is 10.1. The third-order valence-electron chi connectivity index (χ3n) is 8.80. The minimum absolute atomic E-state index is 0. The van der Waals surface area contributed by atoms with Crippen molar-refractivity contribution in [2.24, 2.45) is 9.54 Å². The summed E-state index contributed by atoms with van der Waals surface area (Å²) in [6.07, 6.45) is -8.17. The number of carbonyl (C=O) groups is 3. The van der Waals surface area contributed by atoms with Crippen LogP contribution in [-0.2, 0) is 43.8 Å². The highest BCUT2D eigenvalue weighted by Gasteiger charge is 2.34. The Morgan fingerprint density at radius 3 is 1.22 bits per heavy atom. The molecule has 4 rings (SSSR count). The van der Waals surface area contributed by atoms with Gasteiger partial charge in [-0.05, 0) is 119 Å². The lowest BCUT2D eigenvalue weighted by Crippen LogP contribution is -2.50. The predicted molar refractivity (Wildman–Crippen MR) is 246 cm³/mol. The van der Waals surface area contributed by atoms with Gasteiger partial charge in [-0.1, -0.05) is 0 Å². The van der Waals surface area contributed by atoms with Crippen molar-refractivity contribution in [2.75, 3.05) is 62.2 Å². The molecule has 22 heteroatoms. The molecule has 2 aromatic carbocycles. The van der Waals surface area contributed by atoms with Crippen molar-refractivity contribution in [3.63, 3.8) is 0 Å². The van der Waals surface area contributed by atoms with Gasteiger partial charge >= 0.3 is 24.5 Å². The lowest BCUT2D eigenvalue weighted by molar-refractivity contribution is -0.138. The summed E-state index contributed by atoms with van der Waals surface area (Å²) in [7, 11) is -2.78. The number of piperazine rings is 2. The molecule has 2 amide bonds. The smallest absolute Gasteiger partial charge is 0.416 e. The molecule has 0 saturated carbocycles. The Labute approximate surface area is 385 Å². The molecule has 2 heterocycles. The molecule has 0 spiro atoms. The largest absolute Gasteiger partial charge is 0.444 e. The van der Waals surface area contributed by atoms with E-state index in [-0.39, 0.29) is 29.4 Å². The fourth-order valence-electron chi connectivity index (χ4n) is 5.41. The maximum absolute atomic E-state index is 13.2. The lowest BCUT2D eigenvalue weighted by Gasteiger charge is -2.37. The fourth-order valence-corrected chi connectivity index (χ4v) is 5.94. The molecule has 2 aliphatic heterocycles. The number of hydrogen-bond acceptors (Lipinski definition) is 9. The molecule has 2 aliphatic rings. The number of alkyl halides is 6. The molecular weight excluding hydrogens is 911 g/mol. The Balaban J connectivity index is 0.000000557.